The van der Waals surface area contributed by atoms with E-state index in [9.17, 15) is 18.0 Å². The van der Waals surface area contributed by atoms with Crippen molar-refractivity contribution in [2.45, 2.75) is 19.1 Å². The van der Waals surface area contributed by atoms with E-state index in [-0.39, 0.29) is 32.1 Å². The molecule has 0 saturated carbocycles. The van der Waals surface area contributed by atoms with E-state index in [4.69, 9.17) is 9.47 Å². The number of carbonyl (C=O) groups excluding carboxylic acids is 1. The molecule has 0 aliphatic carbocycles. The largest absolute Gasteiger partial charge is 0.493 e. The van der Waals surface area contributed by atoms with Gasteiger partial charge in [0.15, 0.2) is 18.1 Å². The maximum atomic E-state index is 13.3. The van der Waals surface area contributed by atoms with Crippen molar-refractivity contribution >= 4 is 18.3 Å². The minimum absolute atomic E-state index is 0. The highest BCUT2D eigenvalue weighted by Gasteiger charge is 2.43. The van der Waals surface area contributed by atoms with Crippen LogP contribution in [-0.2, 0) is 4.79 Å². The van der Waals surface area contributed by atoms with E-state index in [1.807, 2.05) is 6.92 Å². The molecule has 1 unspecified atom stereocenters. The molecule has 1 aliphatic heterocycles. The van der Waals surface area contributed by atoms with Crippen LogP contribution in [0.15, 0.2) is 18.2 Å². The van der Waals surface area contributed by atoms with Crippen molar-refractivity contribution < 1.29 is 27.4 Å². The van der Waals surface area contributed by atoms with Crippen molar-refractivity contribution in [1.82, 2.24) is 15.5 Å². The molecule has 27 heavy (non-hydrogen) atoms. The fraction of sp³-hybridized carbons (Fsp3) is 0.588. The number of piperazine rings is 1. The minimum atomic E-state index is -4.41. The van der Waals surface area contributed by atoms with E-state index in [1.165, 1.54) is 12.0 Å². The third-order valence-corrected chi connectivity index (χ3v) is 4.14. The normalized spacial score (nSPS) is 16.2. The summed E-state index contributed by atoms with van der Waals surface area (Å²) in [6.07, 6.45) is -4.41. The van der Waals surface area contributed by atoms with Crippen LogP contribution >= 0.6 is 12.4 Å². The summed E-state index contributed by atoms with van der Waals surface area (Å²) in [7, 11) is 1.48. The van der Waals surface area contributed by atoms with Crippen LogP contribution < -0.4 is 20.1 Å². The molecule has 1 saturated heterocycles. The first-order valence-electron chi connectivity index (χ1n) is 8.37. The average Bonchev–Trinajstić information content (AvgIpc) is 2.60. The monoisotopic (exact) mass is 411 g/mol. The molecule has 1 aromatic carbocycles. The molecule has 1 heterocycles. The number of hydrogen-bond donors (Lipinski definition) is 2. The van der Waals surface area contributed by atoms with Crippen LogP contribution in [-0.4, -0.2) is 69.5 Å². The summed E-state index contributed by atoms with van der Waals surface area (Å²) in [6, 6.07) is 3.49. The van der Waals surface area contributed by atoms with Crippen LogP contribution in [0.25, 0.3) is 0 Å². The van der Waals surface area contributed by atoms with Crippen molar-refractivity contribution in [2.75, 3.05) is 46.4 Å². The van der Waals surface area contributed by atoms with E-state index < -0.39 is 24.7 Å². The lowest BCUT2D eigenvalue weighted by Gasteiger charge is -2.35. The highest BCUT2D eigenvalue weighted by Crippen LogP contribution is 2.28. The Kier molecular flexibility index (Phi) is 9.14. The minimum Gasteiger partial charge on any atom is -0.493 e. The standard InChI is InChI=1S/C17H24F3N3O3.ClH/c1-12-3-4-13(14(9-12)25-2)26-11-16(24)22-10-15(17(18,19)20)23-7-5-21-6-8-23;/h3-4,9,15,21H,5-8,10-11H2,1-2H3,(H,22,24);1H. The molecule has 154 valence electrons. The number of alkyl halides is 3. The molecule has 1 atom stereocenters. The van der Waals surface area contributed by atoms with Gasteiger partial charge in [-0.3, -0.25) is 9.69 Å². The Labute approximate surface area is 162 Å². The number of methoxy groups -OCH3 is 1. The molecular weight excluding hydrogens is 387 g/mol. The lowest BCUT2D eigenvalue weighted by molar-refractivity contribution is -0.184. The van der Waals surface area contributed by atoms with Crippen molar-refractivity contribution in [2.24, 2.45) is 0 Å². The summed E-state index contributed by atoms with van der Waals surface area (Å²) in [5, 5.41) is 5.33. The number of benzene rings is 1. The van der Waals surface area contributed by atoms with Gasteiger partial charge in [-0.1, -0.05) is 6.07 Å². The van der Waals surface area contributed by atoms with Gasteiger partial charge in [-0.2, -0.15) is 13.2 Å². The van der Waals surface area contributed by atoms with Gasteiger partial charge in [0, 0.05) is 32.7 Å². The summed E-state index contributed by atoms with van der Waals surface area (Å²) in [4.78, 5) is 13.3. The number of nitrogens with zero attached hydrogens (tertiary/aromatic N) is 1. The predicted molar refractivity (Wildman–Crippen MR) is 97.8 cm³/mol. The van der Waals surface area contributed by atoms with Crippen molar-refractivity contribution in [3.63, 3.8) is 0 Å². The number of rotatable bonds is 7. The molecular formula is C17H25ClF3N3O3. The first kappa shape index (κ1) is 23.3. The van der Waals surface area contributed by atoms with E-state index >= 15 is 0 Å². The topological polar surface area (TPSA) is 62.8 Å². The van der Waals surface area contributed by atoms with E-state index in [2.05, 4.69) is 10.6 Å². The maximum Gasteiger partial charge on any atom is 0.405 e. The van der Waals surface area contributed by atoms with Crippen molar-refractivity contribution in [3.05, 3.63) is 23.8 Å². The Hall–Kier alpha value is -1.71. The highest BCUT2D eigenvalue weighted by molar-refractivity contribution is 5.85. The van der Waals surface area contributed by atoms with Gasteiger partial charge in [-0.15, -0.1) is 12.4 Å². The summed E-state index contributed by atoms with van der Waals surface area (Å²) in [5.74, 6) is 0.214. The summed E-state index contributed by atoms with van der Waals surface area (Å²) in [5.41, 5.74) is 0.961. The van der Waals surface area contributed by atoms with Gasteiger partial charge < -0.3 is 20.1 Å². The molecule has 0 spiro atoms. The van der Waals surface area contributed by atoms with Gasteiger partial charge in [0.2, 0.25) is 0 Å². The van der Waals surface area contributed by atoms with Gasteiger partial charge in [0.05, 0.1) is 7.11 Å². The lowest BCUT2D eigenvalue weighted by Crippen LogP contribution is -2.57. The van der Waals surface area contributed by atoms with Crippen LogP contribution in [0.5, 0.6) is 11.5 Å². The van der Waals surface area contributed by atoms with Gasteiger partial charge >= 0.3 is 6.18 Å². The molecule has 10 heteroatoms. The number of carbonyl (C=O) groups is 1. The zero-order valence-electron chi connectivity index (χ0n) is 15.3. The fourth-order valence-electron chi connectivity index (χ4n) is 2.74. The van der Waals surface area contributed by atoms with Crippen LogP contribution in [0.3, 0.4) is 0 Å². The average molecular weight is 412 g/mol. The van der Waals surface area contributed by atoms with Gasteiger partial charge in [-0.05, 0) is 24.6 Å². The first-order valence-corrected chi connectivity index (χ1v) is 8.37. The van der Waals surface area contributed by atoms with E-state index in [0.29, 0.717) is 24.6 Å². The molecule has 1 aliphatic rings. The zero-order valence-corrected chi connectivity index (χ0v) is 16.1. The molecule has 2 rings (SSSR count). The number of nitrogens with one attached hydrogen (secondary N) is 2. The second-order valence-electron chi connectivity index (χ2n) is 6.09. The number of halogens is 4. The number of ether oxygens (including phenoxy) is 2. The Balaban J connectivity index is 0.00000364. The van der Waals surface area contributed by atoms with Crippen LogP contribution in [0.1, 0.15) is 5.56 Å². The quantitative estimate of drug-likeness (QED) is 0.716. The van der Waals surface area contributed by atoms with Crippen molar-refractivity contribution in [1.29, 1.82) is 0 Å². The predicted octanol–water partition coefficient (Wildman–Crippen LogP) is 1.76. The van der Waals surface area contributed by atoms with Gasteiger partial charge in [-0.25, -0.2) is 0 Å². The first-order chi connectivity index (χ1) is 12.3. The summed E-state index contributed by atoms with van der Waals surface area (Å²) >= 11 is 0. The third kappa shape index (κ3) is 7.08. The van der Waals surface area contributed by atoms with Gasteiger partial charge in [0.25, 0.3) is 5.91 Å². The Morgan fingerprint density at radius 3 is 2.56 bits per heavy atom. The molecule has 1 amide bonds. The number of aryl methyl sites for hydroxylation is 1. The zero-order chi connectivity index (χ0) is 19.2. The molecule has 0 bridgehead atoms. The molecule has 1 fully saturated rings. The van der Waals surface area contributed by atoms with E-state index in [1.54, 1.807) is 18.2 Å². The number of hydrogen-bond acceptors (Lipinski definition) is 5. The fourth-order valence-corrected chi connectivity index (χ4v) is 2.74. The van der Waals surface area contributed by atoms with E-state index in [0.717, 1.165) is 5.56 Å². The van der Waals surface area contributed by atoms with Gasteiger partial charge in [0.1, 0.15) is 6.04 Å². The van der Waals surface area contributed by atoms with Crippen LogP contribution in [0, 0.1) is 6.92 Å². The second kappa shape index (κ2) is 10.6. The molecule has 1 aromatic rings. The van der Waals surface area contributed by atoms with Crippen molar-refractivity contribution in [3.8, 4) is 11.5 Å². The Morgan fingerprint density at radius 2 is 1.96 bits per heavy atom. The van der Waals surface area contributed by atoms with Crippen LogP contribution in [0.4, 0.5) is 13.2 Å². The smallest absolute Gasteiger partial charge is 0.405 e. The van der Waals surface area contributed by atoms with Crippen LogP contribution in [0.2, 0.25) is 0 Å². The third-order valence-electron chi connectivity index (χ3n) is 4.14. The second-order valence-corrected chi connectivity index (χ2v) is 6.09. The maximum absolute atomic E-state index is 13.3. The summed E-state index contributed by atoms with van der Waals surface area (Å²) in [6.45, 7) is 2.57. The SMILES string of the molecule is COc1cc(C)ccc1OCC(=O)NCC(N1CCNCC1)C(F)(F)F.Cl. The molecule has 2 N–H and O–H groups in total. The molecule has 6 nitrogen and oxygen atoms in total. The molecule has 0 aromatic heterocycles. The Morgan fingerprint density at radius 1 is 1.30 bits per heavy atom. The highest BCUT2D eigenvalue weighted by atomic mass is 35.5. The number of amides is 1. The lowest BCUT2D eigenvalue weighted by atomic mass is 10.2. The Bertz CT molecular complexity index is 611. The molecule has 0 radical (unpaired) electrons. The summed E-state index contributed by atoms with van der Waals surface area (Å²) < 4.78 is 50.4.